The molecular formula is C56H67ClF3N6O9PS3. The molecule has 23 heteroatoms. The smallest absolute Gasteiger partial charge is 0.478 e. The van der Waals surface area contributed by atoms with Crippen LogP contribution in [-0.4, -0.2) is 124 Å². The van der Waals surface area contributed by atoms with Gasteiger partial charge in [-0.3, -0.25) is 9.29 Å². The first-order valence-electron chi connectivity index (χ1n) is 25.7. The maximum Gasteiger partial charge on any atom is 0.501 e. The third-order valence-corrected chi connectivity index (χ3v) is 17.8. The van der Waals surface area contributed by atoms with E-state index >= 15 is 0 Å². The standard InChI is InChI=1S/C32H35ClN4O4S.C24H32F3N2O5PS2/c1-21(2)37-22(3)29(32(38)39)30(31(37)23-8-10-25(33)11-9-23)24-6-5-7-28(20-24)36-18-16-35(17-19-36)27-14-12-26(13-15-27)34-42(4,40)41;1-18-8-9-22(23(16-18)37(32,33)24(25,26)27)28-19(17-36-21-6-4-3-5-7-21)10-13-29-14-11-20(12-15-29)34-35(2,30)31/h5-15,20-21,34H,16-19H2,1-4H3,(H,38,39);3-9,16,19-20,28H,10-15,17H2,1-2H3,(H,30,31)/t;19-/m.1/s1. The van der Waals surface area contributed by atoms with Crippen molar-refractivity contribution in [3.8, 4) is 22.4 Å². The molecule has 0 aliphatic carbocycles. The highest BCUT2D eigenvalue weighted by Crippen LogP contribution is 2.43. The molecule has 0 radical (unpaired) electrons. The predicted molar refractivity (Wildman–Crippen MR) is 312 cm³/mol. The van der Waals surface area contributed by atoms with Crippen molar-refractivity contribution in [2.24, 2.45) is 0 Å². The third-order valence-electron chi connectivity index (χ3n) is 13.6. The highest BCUT2D eigenvalue weighted by atomic mass is 35.5. The number of piperazine rings is 1. The largest absolute Gasteiger partial charge is 0.501 e. The van der Waals surface area contributed by atoms with E-state index in [-0.39, 0.29) is 23.9 Å². The van der Waals surface area contributed by atoms with E-state index in [0.717, 1.165) is 71.6 Å². The van der Waals surface area contributed by atoms with Crippen molar-refractivity contribution in [1.29, 1.82) is 0 Å². The number of rotatable bonds is 19. The highest BCUT2D eigenvalue weighted by molar-refractivity contribution is 7.99. The molecule has 1 unspecified atom stereocenters. The number of piperidine rings is 1. The number of likely N-dealkylation sites (tertiary alicyclic amines) is 1. The Balaban J connectivity index is 0.000000231. The Kier molecular flexibility index (Phi) is 20.1. The van der Waals surface area contributed by atoms with Gasteiger partial charge < -0.3 is 39.1 Å². The van der Waals surface area contributed by atoms with E-state index in [9.17, 15) is 49.4 Å². The summed E-state index contributed by atoms with van der Waals surface area (Å²) >= 11 is 7.73. The summed E-state index contributed by atoms with van der Waals surface area (Å²) in [6.45, 7) is 13.8. The molecule has 2 aliphatic heterocycles. The number of anilines is 4. The number of aromatic carboxylic acids is 1. The molecule has 79 heavy (non-hydrogen) atoms. The molecule has 2 fully saturated rings. The van der Waals surface area contributed by atoms with Gasteiger partial charge in [-0.05, 0) is 136 Å². The summed E-state index contributed by atoms with van der Waals surface area (Å²) in [5.74, 6) is -0.444. The summed E-state index contributed by atoms with van der Waals surface area (Å²) in [5.41, 5.74) is 1.91. The number of benzene rings is 5. The van der Waals surface area contributed by atoms with Crippen molar-refractivity contribution in [1.82, 2.24) is 9.47 Å². The van der Waals surface area contributed by atoms with Crippen molar-refractivity contribution in [3.05, 3.63) is 143 Å². The second-order valence-corrected chi connectivity index (χ2v) is 27.1. The van der Waals surface area contributed by atoms with Gasteiger partial charge in [-0.25, -0.2) is 21.6 Å². The minimum absolute atomic E-state index is 0.0509. The quantitative estimate of drug-likeness (QED) is 0.0442. The number of nitrogens with one attached hydrogen (secondary N) is 2. The zero-order valence-corrected chi connectivity index (χ0v) is 48.9. The van der Waals surface area contributed by atoms with Gasteiger partial charge in [0.1, 0.15) is 0 Å². The second kappa shape index (κ2) is 25.9. The lowest BCUT2D eigenvalue weighted by molar-refractivity contribution is -0.0435. The van der Waals surface area contributed by atoms with Gasteiger partial charge in [0.25, 0.3) is 9.84 Å². The number of carboxylic acids is 1. The fourth-order valence-electron chi connectivity index (χ4n) is 9.90. The predicted octanol–water partition coefficient (Wildman–Crippen LogP) is 12.3. The number of sulfone groups is 1. The summed E-state index contributed by atoms with van der Waals surface area (Å²) in [6, 6.07) is 36.4. The van der Waals surface area contributed by atoms with E-state index in [1.807, 2.05) is 85.8 Å². The SMILES string of the molecule is Cc1c(C(=O)O)c(-c2cccc(N3CCN(c4ccc(NS(C)(=O)=O)cc4)CC3)c2)c(-c2ccc(Cl)cc2)n1C(C)C.Cc1ccc(N[C@H](CCN2CCC(OP(C)(=O)O)CC2)CSc2ccccc2)c(S(=O)(=O)C(F)(F)F)c1. The summed E-state index contributed by atoms with van der Waals surface area (Å²) < 4.78 is 109. The molecule has 0 bridgehead atoms. The van der Waals surface area contributed by atoms with Crippen molar-refractivity contribution >= 4 is 79.5 Å². The van der Waals surface area contributed by atoms with Gasteiger partial charge in [-0.2, -0.15) is 13.2 Å². The van der Waals surface area contributed by atoms with Crippen molar-refractivity contribution in [3.63, 3.8) is 0 Å². The Morgan fingerprint density at radius 2 is 1.44 bits per heavy atom. The normalized spacial score (nSPS) is 16.0. The number of aromatic nitrogens is 1. The van der Waals surface area contributed by atoms with Gasteiger partial charge in [-0.15, -0.1) is 11.8 Å². The Bertz CT molecular complexity index is 3330. The molecule has 2 atom stereocenters. The number of carbonyl (C=O) groups is 1. The van der Waals surface area contributed by atoms with Crippen LogP contribution in [0.1, 0.15) is 60.8 Å². The van der Waals surface area contributed by atoms with Crippen LogP contribution in [0, 0.1) is 13.8 Å². The molecule has 2 saturated heterocycles. The number of hydrogen-bond acceptors (Lipinski definition) is 12. The Hall–Kier alpha value is -5.51. The topological polar surface area (TPSA) is 191 Å². The number of halogens is 4. The lowest BCUT2D eigenvalue weighted by Gasteiger charge is -2.37. The molecule has 0 saturated carbocycles. The van der Waals surface area contributed by atoms with Crippen LogP contribution in [0.15, 0.2) is 131 Å². The zero-order valence-electron chi connectivity index (χ0n) is 44.8. The fraction of sp³-hybridized carbons (Fsp3) is 0.375. The van der Waals surface area contributed by atoms with Gasteiger partial charge in [0, 0.05) is 109 Å². The number of nitrogens with zero attached hydrogens (tertiary/aromatic N) is 4. The van der Waals surface area contributed by atoms with Gasteiger partial charge in [-0.1, -0.05) is 60.1 Å². The third kappa shape index (κ3) is 16.3. The lowest BCUT2D eigenvalue weighted by atomic mass is 9.96. The fourth-order valence-corrected chi connectivity index (χ4v) is 13.4. The maximum atomic E-state index is 13.4. The van der Waals surface area contributed by atoms with Gasteiger partial charge in [0.15, 0.2) is 0 Å². The van der Waals surface area contributed by atoms with Gasteiger partial charge in [0.05, 0.1) is 34.2 Å². The van der Waals surface area contributed by atoms with Crippen LogP contribution < -0.4 is 19.8 Å². The van der Waals surface area contributed by atoms with E-state index in [1.54, 1.807) is 25.1 Å². The Morgan fingerprint density at radius 1 is 0.823 bits per heavy atom. The summed E-state index contributed by atoms with van der Waals surface area (Å²) in [4.78, 5) is 29.1. The molecule has 4 N–H and O–H groups in total. The summed E-state index contributed by atoms with van der Waals surface area (Å²) in [6.07, 6.45) is 2.60. The van der Waals surface area contributed by atoms with E-state index < -0.39 is 43.8 Å². The zero-order chi connectivity index (χ0) is 57.5. The number of hydrogen-bond donors (Lipinski definition) is 4. The van der Waals surface area contributed by atoms with E-state index in [0.29, 0.717) is 77.7 Å². The van der Waals surface area contributed by atoms with Crippen LogP contribution in [0.2, 0.25) is 5.02 Å². The molecule has 0 amide bonds. The van der Waals surface area contributed by atoms with Crippen LogP contribution in [0.5, 0.6) is 0 Å². The molecule has 8 rings (SSSR count). The average molecular weight is 1190 g/mol. The molecule has 1 aromatic heterocycles. The number of alkyl halides is 3. The van der Waals surface area contributed by atoms with Crippen LogP contribution in [-0.2, 0) is 28.9 Å². The Morgan fingerprint density at radius 3 is 2.01 bits per heavy atom. The Labute approximate surface area is 470 Å². The molecular weight excluding hydrogens is 1120 g/mol. The number of carboxylic acid groups (broad SMARTS) is 1. The van der Waals surface area contributed by atoms with Gasteiger partial charge >= 0.3 is 19.1 Å². The molecule has 5 aromatic carbocycles. The molecule has 15 nitrogen and oxygen atoms in total. The summed E-state index contributed by atoms with van der Waals surface area (Å²) in [7, 11) is -12.4. The molecule has 426 valence electrons. The van der Waals surface area contributed by atoms with E-state index in [2.05, 4.69) is 55.3 Å². The van der Waals surface area contributed by atoms with Crippen LogP contribution in [0.3, 0.4) is 0 Å². The average Bonchev–Trinajstić information content (AvgIpc) is 4.02. The molecule has 3 heterocycles. The molecule has 0 spiro atoms. The van der Waals surface area contributed by atoms with Crippen LogP contribution in [0.25, 0.3) is 22.4 Å². The lowest BCUT2D eigenvalue weighted by Crippen LogP contribution is -2.46. The minimum Gasteiger partial charge on any atom is -0.478 e. The minimum atomic E-state index is -5.54. The monoisotopic (exact) mass is 1190 g/mol. The molecule has 2 aliphatic rings. The highest BCUT2D eigenvalue weighted by Gasteiger charge is 2.48. The first-order valence-corrected chi connectivity index (χ1v) is 32.4. The maximum absolute atomic E-state index is 13.4. The number of sulfonamides is 1. The first kappa shape index (κ1) is 61.1. The van der Waals surface area contributed by atoms with Crippen molar-refractivity contribution in [2.75, 3.05) is 84.3 Å². The first-order chi connectivity index (χ1) is 37.2. The van der Waals surface area contributed by atoms with E-state index in [1.165, 1.54) is 24.5 Å². The van der Waals surface area contributed by atoms with Crippen molar-refractivity contribution in [2.45, 2.75) is 80.4 Å². The second-order valence-electron chi connectivity index (χ2n) is 20.1. The van der Waals surface area contributed by atoms with Crippen LogP contribution >= 0.6 is 31.0 Å². The number of thioether (sulfide) groups is 1. The summed E-state index contributed by atoms with van der Waals surface area (Å²) in [5, 5.41) is 14.1. The van der Waals surface area contributed by atoms with Crippen molar-refractivity contribution < 1.29 is 53.9 Å². The number of aryl methyl sites for hydroxylation is 1. The molecule has 6 aromatic rings. The van der Waals surface area contributed by atoms with Crippen LogP contribution in [0.4, 0.5) is 35.9 Å². The van der Waals surface area contributed by atoms with Gasteiger partial charge in [0.2, 0.25) is 10.0 Å². The van der Waals surface area contributed by atoms with E-state index in [4.69, 9.17) is 16.1 Å².